The van der Waals surface area contributed by atoms with Gasteiger partial charge < -0.3 is 9.26 Å². The van der Waals surface area contributed by atoms with Gasteiger partial charge in [-0.3, -0.25) is 13.8 Å². The van der Waals surface area contributed by atoms with E-state index in [9.17, 15) is 9.18 Å². The molecule has 1 unspecified atom stereocenters. The molecule has 8 nitrogen and oxygen atoms in total. The third-order valence-electron chi connectivity index (χ3n) is 5.17. The van der Waals surface area contributed by atoms with Gasteiger partial charge in [-0.25, -0.2) is 9.37 Å². The molecular formula is C22H18FN5O3. The van der Waals surface area contributed by atoms with E-state index >= 15 is 0 Å². The van der Waals surface area contributed by atoms with Gasteiger partial charge in [0.05, 0.1) is 23.7 Å². The van der Waals surface area contributed by atoms with E-state index in [1.807, 2.05) is 31.2 Å². The summed E-state index contributed by atoms with van der Waals surface area (Å²) in [5.74, 6) is 0.0337. The van der Waals surface area contributed by atoms with E-state index in [4.69, 9.17) is 9.26 Å². The van der Waals surface area contributed by atoms with E-state index in [1.54, 1.807) is 34.5 Å². The third kappa shape index (κ3) is 3.10. The molecule has 31 heavy (non-hydrogen) atoms. The highest BCUT2D eigenvalue weighted by molar-refractivity contribution is 5.83. The molecule has 0 saturated heterocycles. The lowest BCUT2D eigenvalue weighted by Crippen LogP contribution is -2.28. The molecule has 3 heterocycles. The van der Waals surface area contributed by atoms with Crippen molar-refractivity contribution in [2.75, 3.05) is 13.7 Å². The van der Waals surface area contributed by atoms with Crippen molar-refractivity contribution in [1.82, 2.24) is 24.1 Å². The van der Waals surface area contributed by atoms with E-state index in [0.717, 1.165) is 11.0 Å². The van der Waals surface area contributed by atoms with Crippen LogP contribution in [0.1, 0.15) is 13.0 Å². The van der Waals surface area contributed by atoms with Crippen molar-refractivity contribution in [3.63, 3.8) is 0 Å². The Balaban J connectivity index is 1.73. The maximum atomic E-state index is 13.5. The molecule has 0 N–H and O–H groups in total. The monoisotopic (exact) mass is 419 g/mol. The maximum Gasteiger partial charge on any atom is 0.278 e. The SMILES string of the molecule is COCC(C)n1c(=O)c2c(-c3noc(-c4ccc(F)cc4)n3)ncn2c2ccccc21. The van der Waals surface area contributed by atoms with Crippen molar-refractivity contribution in [1.29, 1.82) is 0 Å². The van der Waals surface area contributed by atoms with Gasteiger partial charge in [-0.2, -0.15) is 4.98 Å². The van der Waals surface area contributed by atoms with Gasteiger partial charge in [-0.1, -0.05) is 17.3 Å². The van der Waals surface area contributed by atoms with E-state index < -0.39 is 0 Å². The predicted octanol–water partition coefficient (Wildman–Crippen LogP) is 3.71. The van der Waals surface area contributed by atoms with Gasteiger partial charge in [0.15, 0.2) is 0 Å². The molecule has 0 aliphatic carbocycles. The number of hydrogen-bond donors (Lipinski definition) is 0. The summed E-state index contributed by atoms with van der Waals surface area (Å²) in [5, 5.41) is 4.01. The zero-order valence-corrected chi connectivity index (χ0v) is 16.8. The van der Waals surface area contributed by atoms with Crippen LogP contribution in [0.4, 0.5) is 4.39 Å². The fourth-order valence-electron chi connectivity index (χ4n) is 3.78. The number of nitrogens with zero attached hydrogens (tertiary/aromatic N) is 5. The van der Waals surface area contributed by atoms with Gasteiger partial charge in [0.2, 0.25) is 5.82 Å². The smallest absolute Gasteiger partial charge is 0.278 e. The molecule has 0 fully saturated rings. The molecule has 0 bridgehead atoms. The molecule has 5 aromatic rings. The Hall–Kier alpha value is -3.85. The van der Waals surface area contributed by atoms with Crippen molar-refractivity contribution in [2.24, 2.45) is 0 Å². The summed E-state index contributed by atoms with van der Waals surface area (Å²) < 4.78 is 27.3. The summed E-state index contributed by atoms with van der Waals surface area (Å²) in [6.45, 7) is 2.30. The number of halogens is 1. The third-order valence-corrected chi connectivity index (χ3v) is 5.17. The minimum atomic E-state index is -0.360. The molecule has 0 radical (unpaired) electrons. The zero-order chi connectivity index (χ0) is 21.5. The lowest BCUT2D eigenvalue weighted by Gasteiger charge is -2.18. The molecule has 9 heteroatoms. The first-order chi connectivity index (χ1) is 15.1. The number of ether oxygens (including phenoxy) is 1. The highest BCUT2D eigenvalue weighted by atomic mass is 19.1. The average molecular weight is 419 g/mol. The van der Waals surface area contributed by atoms with Gasteiger partial charge in [0.1, 0.15) is 23.4 Å². The average Bonchev–Trinajstić information content (AvgIpc) is 3.42. The molecule has 0 saturated carbocycles. The molecule has 0 aliphatic rings. The van der Waals surface area contributed by atoms with Crippen LogP contribution in [0.5, 0.6) is 0 Å². The first kappa shape index (κ1) is 19.1. The van der Waals surface area contributed by atoms with Crippen LogP contribution in [0.3, 0.4) is 0 Å². The second-order valence-corrected chi connectivity index (χ2v) is 7.21. The number of fused-ring (bicyclic) bond motifs is 3. The van der Waals surface area contributed by atoms with Crippen molar-refractivity contribution < 1.29 is 13.7 Å². The fourth-order valence-corrected chi connectivity index (χ4v) is 3.78. The van der Waals surface area contributed by atoms with Crippen LogP contribution < -0.4 is 5.56 Å². The number of benzene rings is 2. The Morgan fingerprint density at radius 1 is 1.13 bits per heavy atom. The quantitative estimate of drug-likeness (QED) is 0.432. The highest BCUT2D eigenvalue weighted by Crippen LogP contribution is 2.26. The molecular weight excluding hydrogens is 401 g/mol. The van der Waals surface area contributed by atoms with Crippen LogP contribution in [0.15, 0.2) is 64.2 Å². The molecule has 156 valence electrons. The first-order valence-electron chi connectivity index (χ1n) is 9.67. The van der Waals surface area contributed by atoms with Crippen molar-refractivity contribution in [3.8, 4) is 23.0 Å². The molecule has 2 aromatic carbocycles. The first-order valence-corrected chi connectivity index (χ1v) is 9.67. The van der Waals surface area contributed by atoms with Gasteiger partial charge in [0, 0.05) is 12.7 Å². The summed E-state index contributed by atoms with van der Waals surface area (Å²) in [6, 6.07) is 13.1. The van der Waals surface area contributed by atoms with Crippen molar-refractivity contribution >= 4 is 16.6 Å². The standard InChI is InChI=1S/C22H18FN5O3/c1-13(11-30-2)28-17-6-4-3-5-16(17)27-12-24-18(19(27)22(28)29)20-25-21(31-26-20)14-7-9-15(23)10-8-14/h3-10,12-13H,11H2,1-2H3. The number of para-hydroxylation sites is 2. The summed E-state index contributed by atoms with van der Waals surface area (Å²) in [6.07, 6.45) is 1.58. The Bertz CT molecular complexity index is 1450. The number of methoxy groups -OCH3 is 1. The van der Waals surface area contributed by atoms with Crippen LogP contribution in [-0.4, -0.2) is 37.8 Å². The van der Waals surface area contributed by atoms with Crippen LogP contribution in [0.25, 0.3) is 39.5 Å². The predicted molar refractivity (Wildman–Crippen MR) is 112 cm³/mol. The molecule has 0 aliphatic heterocycles. The second kappa shape index (κ2) is 7.44. The summed E-state index contributed by atoms with van der Waals surface area (Å²) in [5.41, 5.74) is 2.58. The minimum Gasteiger partial charge on any atom is -0.383 e. The van der Waals surface area contributed by atoms with Crippen LogP contribution in [-0.2, 0) is 4.74 Å². The van der Waals surface area contributed by atoms with Crippen molar-refractivity contribution in [2.45, 2.75) is 13.0 Å². The summed E-state index contributed by atoms with van der Waals surface area (Å²) in [4.78, 5) is 22.4. The van der Waals surface area contributed by atoms with E-state index in [1.165, 1.54) is 12.1 Å². The van der Waals surface area contributed by atoms with E-state index in [0.29, 0.717) is 23.4 Å². The zero-order valence-electron chi connectivity index (χ0n) is 16.8. The number of hydrogen-bond acceptors (Lipinski definition) is 6. The van der Waals surface area contributed by atoms with Gasteiger partial charge in [-0.15, -0.1) is 0 Å². The molecule has 0 spiro atoms. The Morgan fingerprint density at radius 3 is 2.61 bits per heavy atom. The largest absolute Gasteiger partial charge is 0.383 e. The van der Waals surface area contributed by atoms with Crippen LogP contribution >= 0.6 is 0 Å². The Kier molecular flexibility index (Phi) is 4.59. The second-order valence-electron chi connectivity index (χ2n) is 7.21. The van der Waals surface area contributed by atoms with Gasteiger partial charge in [-0.05, 0) is 43.3 Å². The minimum absolute atomic E-state index is 0.181. The molecule has 1 atom stereocenters. The molecule has 0 amide bonds. The topological polar surface area (TPSA) is 87.5 Å². The summed E-state index contributed by atoms with van der Waals surface area (Å²) >= 11 is 0. The number of rotatable bonds is 5. The number of aromatic nitrogens is 5. The molecule has 5 rings (SSSR count). The fraction of sp³-hybridized carbons (Fsp3) is 0.182. The van der Waals surface area contributed by atoms with Crippen LogP contribution in [0.2, 0.25) is 0 Å². The van der Waals surface area contributed by atoms with Crippen LogP contribution in [0, 0.1) is 5.82 Å². The lowest BCUT2D eigenvalue weighted by molar-refractivity contribution is 0.162. The van der Waals surface area contributed by atoms with E-state index in [2.05, 4.69) is 15.1 Å². The lowest BCUT2D eigenvalue weighted by atomic mass is 10.2. The Labute approximate surface area is 175 Å². The summed E-state index contributed by atoms with van der Waals surface area (Å²) in [7, 11) is 1.60. The van der Waals surface area contributed by atoms with E-state index in [-0.39, 0.29) is 29.1 Å². The number of imidazole rings is 1. The Morgan fingerprint density at radius 2 is 1.87 bits per heavy atom. The van der Waals surface area contributed by atoms with Gasteiger partial charge >= 0.3 is 0 Å². The van der Waals surface area contributed by atoms with Crippen molar-refractivity contribution in [3.05, 3.63) is 71.0 Å². The highest BCUT2D eigenvalue weighted by Gasteiger charge is 2.22. The van der Waals surface area contributed by atoms with Gasteiger partial charge in [0.25, 0.3) is 11.4 Å². The maximum absolute atomic E-state index is 13.5. The normalized spacial score (nSPS) is 12.6. The molecule has 3 aromatic heterocycles.